The molecule has 0 spiro atoms. The number of hydrogen-bond acceptors (Lipinski definition) is 3. The molecule has 1 N–H and O–H groups in total. The molecule has 2 aromatic rings. The first-order valence-corrected chi connectivity index (χ1v) is 7.51. The van der Waals surface area contributed by atoms with Gasteiger partial charge in [0.15, 0.2) is 0 Å². The lowest BCUT2D eigenvalue weighted by Crippen LogP contribution is -2.21. The molecule has 2 aromatic carbocycles. The van der Waals surface area contributed by atoms with Crippen LogP contribution in [0.5, 0.6) is 5.75 Å². The van der Waals surface area contributed by atoms with Gasteiger partial charge in [-0.1, -0.05) is 34.1 Å². The maximum atomic E-state index is 12.6. The fraction of sp³-hybridized carbons (Fsp3) is 0.0588. The molecule has 0 saturated heterocycles. The molecule has 1 amide bonds. The Labute approximate surface area is 136 Å². The Morgan fingerprint density at radius 3 is 2.64 bits per heavy atom. The zero-order chi connectivity index (χ0) is 15.7. The smallest absolute Gasteiger partial charge is 0.280 e. The average Bonchev–Trinajstić information content (AvgIpc) is 2.80. The molecule has 0 fully saturated rings. The lowest BCUT2D eigenvalue weighted by Gasteiger charge is -2.11. The van der Waals surface area contributed by atoms with Crippen LogP contribution in [0.1, 0.15) is 12.5 Å². The summed E-state index contributed by atoms with van der Waals surface area (Å²) < 4.78 is 0.831. The topological polar surface area (TPSA) is 52.9 Å². The summed E-state index contributed by atoms with van der Waals surface area (Å²) in [6.07, 6.45) is 1.66. The Balaban J connectivity index is 2.00. The Hall–Kier alpha value is -2.40. The Morgan fingerprint density at radius 2 is 1.91 bits per heavy atom. The third-order valence-corrected chi connectivity index (χ3v) is 3.85. The van der Waals surface area contributed by atoms with Gasteiger partial charge in [0.05, 0.1) is 17.0 Å². The van der Waals surface area contributed by atoms with Crippen molar-refractivity contribution in [2.24, 2.45) is 5.10 Å². The van der Waals surface area contributed by atoms with Gasteiger partial charge in [-0.15, -0.1) is 0 Å². The van der Waals surface area contributed by atoms with Gasteiger partial charge in [0, 0.05) is 10.0 Å². The third kappa shape index (κ3) is 2.67. The minimum Gasteiger partial charge on any atom is -0.507 e. The second-order valence-corrected chi connectivity index (χ2v) is 5.81. The highest BCUT2D eigenvalue weighted by atomic mass is 79.9. The first-order valence-electron chi connectivity index (χ1n) is 6.71. The van der Waals surface area contributed by atoms with E-state index in [0.717, 1.165) is 4.47 Å². The van der Waals surface area contributed by atoms with Crippen LogP contribution >= 0.6 is 15.9 Å². The number of carbonyl (C=O) groups is 1. The standard InChI is InChI=1S/C17H13BrN2O2/c1-11-15(10-12-9-13(18)7-8-16(12)21)17(22)20(19-11)14-5-3-2-4-6-14/h2-10,21H,1H3. The predicted molar refractivity (Wildman–Crippen MR) is 90.8 cm³/mol. The SMILES string of the molecule is CC1=NN(c2ccccc2)C(=O)C1=Cc1cc(Br)ccc1O. The average molecular weight is 357 g/mol. The molecule has 22 heavy (non-hydrogen) atoms. The minimum atomic E-state index is -0.205. The molecule has 0 atom stereocenters. The van der Waals surface area contributed by atoms with Gasteiger partial charge in [0.2, 0.25) is 0 Å². The molecule has 0 aliphatic carbocycles. The number of benzene rings is 2. The van der Waals surface area contributed by atoms with Gasteiger partial charge in [-0.3, -0.25) is 4.79 Å². The van der Waals surface area contributed by atoms with Crippen LogP contribution < -0.4 is 5.01 Å². The van der Waals surface area contributed by atoms with Crippen molar-refractivity contribution in [3.8, 4) is 5.75 Å². The van der Waals surface area contributed by atoms with Crippen LogP contribution in [0, 0.1) is 0 Å². The number of anilines is 1. The van der Waals surface area contributed by atoms with E-state index in [2.05, 4.69) is 21.0 Å². The summed E-state index contributed by atoms with van der Waals surface area (Å²) >= 11 is 3.36. The normalized spacial score (nSPS) is 16.3. The molecular weight excluding hydrogens is 344 g/mol. The Kier molecular flexibility index (Phi) is 3.81. The second-order valence-electron chi connectivity index (χ2n) is 4.90. The van der Waals surface area contributed by atoms with Crippen molar-refractivity contribution >= 4 is 39.3 Å². The zero-order valence-corrected chi connectivity index (χ0v) is 13.4. The molecule has 0 radical (unpaired) electrons. The van der Waals surface area contributed by atoms with Gasteiger partial charge in [-0.2, -0.15) is 10.1 Å². The molecule has 1 aliphatic rings. The maximum Gasteiger partial charge on any atom is 0.280 e. The molecule has 0 saturated carbocycles. The van der Waals surface area contributed by atoms with Crippen molar-refractivity contribution in [3.05, 3.63) is 64.1 Å². The second kappa shape index (κ2) is 5.77. The van der Waals surface area contributed by atoms with Gasteiger partial charge < -0.3 is 5.11 Å². The number of rotatable bonds is 2. The summed E-state index contributed by atoms with van der Waals surface area (Å²) in [6.45, 7) is 1.78. The maximum absolute atomic E-state index is 12.6. The Bertz CT molecular complexity index is 798. The zero-order valence-electron chi connectivity index (χ0n) is 11.8. The minimum absolute atomic E-state index is 0.120. The summed E-state index contributed by atoms with van der Waals surface area (Å²) in [6, 6.07) is 14.3. The molecule has 0 aromatic heterocycles. The molecule has 0 bridgehead atoms. The van der Waals surface area contributed by atoms with Gasteiger partial charge >= 0.3 is 0 Å². The van der Waals surface area contributed by atoms with Crippen LogP contribution in [0.15, 0.2) is 63.7 Å². The lowest BCUT2D eigenvalue weighted by molar-refractivity contribution is -0.114. The van der Waals surface area contributed by atoms with Crippen LogP contribution in [0.4, 0.5) is 5.69 Å². The number of aromatic hydroxyl groups is 1. The van der Waals surface area contributed by atoms with Crippen LogP contribution in [-0.2, 0) is 4.79 Å². The number of phenolic OH excluding ortho intramolecular Hbond substituents is 1. The highest BCUT2D eigenvalue weighted by Gasteiger charge is 2.28. The molecule has 4 nitrogen and oxygen atoms in total. The van der Waals surface area contributed by atoms with Gasteiger partial charge in [-0.25, -0.2) is 0 Å². The van der Waals surface area contributed by atoms with Crippen molar-refractivity contribution in [1.29, 1.82) is 0 Å². The van der Waals surface area contributed by atoms with Crippen LogP contribution in [0.2, 0.25) is 0 Å². The quantitative estimate of drug-likeness (QED) is 0.828. The van der Waals surface area contributed by atoms with E-state index in [1.807, 2.05) is 30.3 Å². The van der Waals surface area contributed by atoms with Gasteiger partial charge in [0.1, 0.15) is 5.75 Å². The predicted octanol–water partition coefficient (Wildman–Crippen LogP) is 3.96. The van der Waals surface area contributed by atoms with E-state index >= 15 is 0 Å². The largest absolute Gasteiger partial charge is 0.507 e. The number of hydrogen-bond donors (Lipinski definition) is 1. The lowest BCUT2D eigenvalue weighted by atomic mass is 10.1. The summed E-state index contributed by atoms with van der Waals surface area (Å²) in [4.78, 5) is 12.6. The summed E-state index contributed by atoms with van der Waals surface area (Å²) in [5.74, 6) is -0.0856. The Morgan fingerprint density at radius 1 is 1.18 bits per heavy atom. The number of phenols is 1. The highest BCUT2D eigenvalue weighted by Crippen LogP contribution is 2.28. The van der Waals surface area contributed by atoms with Gasteiger partial charge in [-0.05, 0) is 43.3 Å². The van der Waals surface area contributed by atoms with E-state index in [9.17, 15) is 9.90 Å². The van der Waals surface area contributed by atoms with Crippen LogP contribution in [-0.4, -0.2) is 16.7 Å². The number of para-hydroxylation sites is 1. The third-order valence-electron chi connectivity index (χ3n) is 3.35. The fourth-order valence-corrected chi connectivity index (χ4v) is 2.60. The molecule has 1 aliphatic heterocycles. The van der Waals surface area contributed by atoms with E-state index in [4.69, 9.17) is 0 Å². The monoisotopic (exact) mass is 356 g/mol. The summed E-state index contributed by atoms with van der Waals surface area (Å²) in [7, 11) is 0. The molecule has 1 heterocycles. The molecule has 0 unspecified atom stereocenters. The van der Waals surface area contributed by atoms with E-state index in [-0.39, 0.29) is 11.7 Å². The molecule has 110 valence electrons. The van der Waals surface area contributed by atoms with Crippen molar-refractivity contribution in [3.63, 3.8) is 0 Å². The number of carbonyl (C=O) groups excluding carboxylic acids is 1. The number of nitrogens with zero attached hydrogens (tertiary/aromatic N) is 2. The van der Waals surface area contributed by atoms with E-state index in [1.54, 1.807) is 31.2 Å². The molecule has 5 heteroatoms. The summed E-state index contributed by atoms with van der Waals surface area (Å²) in [5, 5.41) is 15.6. The summed E-state index contributed by atoms with van der Waals surface area (Å²) in [5.41, 5.74) is 2.38. The van der Waals surface area contributed by atoms with Crippen molar-refractivity contribution in [2.45, 2.75) is 6.92 Å². The van der Waals surface area contributed by atoms with Crippen molar-refractivity contribution < 1.29 is 9.90 Å². The molecular formula is C17H13BrN2O2. The van der Waals surface area contributed by atoms with Crippen LogP contribution in [0.25, 0.3) is 6.08 Å². The van der Waals surface area contributed by atoms with Crippen molar-refractivity contribution in [2.75, 3.05) is 5.01 Å². The molecule has 3 rings (SSSR count). The fourth-order valence-electron chi connectivity index (χ4n) is 2.22. The first-order chi connectivity index (χ1) is 10.6. The van der Waals surface area contributed by atoms with Crippen LogP contribution in [0.3, 0.4) is 0 Å². The first kappa shape index (κ1) is 14.5. The number of amides is 1. The van der Waals surface area contributed by atoms with E-state index < -0.39 is 0 Å². The van der Waals surface area contributed by atoms with Crippen molar-refractivity contribution in [1.82, 2.24) is 0 Å². The highest BCUT2D eigenvalue weighted by molar-refractivity contribution is 9.10. The number of hydrazone groups is 1. The van der Waals surface area contributed by atoms with E-state index in [0.29, 0.717) is 22.5 Å². The van der Waals surface area contributed by atoms with Gasteiger partial charge in [0.25, 0.3) is 5.91 Å². The number of halogens is 1. The van der Waals surface area contributed by atoms with E-state index in [1.165, 1.54) is 5.01 Å².